The van der Waals surface area contributed by atoms with Crippen molar-refractivity contribution in [2.75, 3.05) is 7.11 Å². The van der Waals surface area contributed by atoms with Gasteiger partial charge in [-0.3, -0.25) is 0 Å². The highest BCUT2D eigenvalue weighted by Crippen LogP contribution is 2.18. The van der Waals surface area contributed by atoms with E-state index in [1.807, 2.05) is 12.1 Å². The Kier molecular flexibility index (Phi) is 4.63. The first kappa shape index (κ1) is 13.7. The van der Waals surface area contributed by atoms with Gasteiger partial charge in [-0.25, -0.2) is 0 Å². The topological polar surface area (TPSA) is 26.2 Å². The summed E-state index contributed by atoms with van der Waals surface area (Å²) in [5.41, 5.74) is 2.55. The van der Waals surface area contributed by atoms with E-state index in [0.717, 1.165) is 18.7 Å². The summed E-state index contributed by atoms with van der Waals surface area (Å²) in [7, 11) is 3.79. The van der Waals surface area contributed by atoms with E-state index in [-0.39, 0.29) is 0 Å². The van der Waals surface area contributed by atoms with E-state index in [1.54, 1.807) is 7.11 Å². The van der Waals surface area contributed by atoms with Crippen LogP contribution < -0.4 is 10.1 Å². The molecule has 3 nitrogen and oxygen atoms in total. The number of rotatable bonds is 6. The summed E-state index contributed by atoms with van der Waals surface area (Å²) < 4.78 is 7.53. The normalized spacial score (nSPS) is 12.4. The molecule has 2 aromatic rings. The number of methoxy groups -OCH3 is 1. The van der Waals surface area contributed by atoms with Crippen LogP contribution in [0.15, 0.2) is 42.6 Å². The third kappa shape index (κ3) is 3.61. The zero-order valence-corrected chi connectivity index (χ0v) is 11.9. The number of para-hydroxylation sites is 1. The van der Waals surface area contributed by atoms with Gasteiger partial charge in [0.2, 0.25) is 0 Å². The van der Waals surface area contributed by atoms with E-state index in [1.165, 1.54) is 11.3 Å². The molecule has 0 aliphatic heterocycles. The quantitative estimate of drug-likeness (QED) is 0.862. The Balaban J connectivity index is 1.90. The Morgan fingerprint density at radius 2 is 2.00 bits per heavy atom. The first-order chi connectivity index (χ1) is 9.20. The first-order valence-corrected chi connectivity index (χ1v) is 6.66. The van der Waals surface area contributed by atoms with E-state index < -0.39 is 0 Å². The number of benzene rings is 1. The van der Waals surface area contributed by atoms with Crippen LogP contribution in [0.1, 0.15) is 18.2 Å². The van der Waals surface area contributed by atoms with Gasteiger partial charge in [0.15, 0.2) is 0 Å². The number of nitrogens with zero attached hydrogens (tertiary/aromatic N) is 1. The summed E-state index contributed by atoms with van der Waals surface area (Å²) in [6.45, 7) is 3.09. The highest BCUT2D eigenvalue weighted by Gasteiger charge is 2.08. The van der Waals surface area contributed by atoms with Gasteiger partial charge in [0.25, 0.3) is 0 Å². The second-order valence-corrected chi connectivity index (χ2v) is 4.91. The van der Waals surface area contributed by atoms with Gasteiger partial charge in [-0.2, -0.15) is 0 Å². The van der Waals surface area contributed by atoms with Crippen molar-refractivity contribution in [3.05, 3.63) is 53.9 Å². The molecule has 1 N–H and O–H groups in total. The van der Waals surface area contributed by atoms with Crippen molar-refractivity contribution in [1.82, 2.24) is 9.88 Å². The van der Waals surface area contributed by atoms with Crippen LogP contribution in [0.3, 0.4) is 0 Å². The Morgan fingerprint density at radius 1 is 1.21 bits per heavy atom. The van der Waals surface area contributed by atoms with Gasteiger partial charge in [0.05, 0.1) is 7.11 Å². The third-order valence-electron chi connectivity index (χ3n) is 3.40. The molecule has 0 aliphatic carbocycles. The maximum atomic E-state index is 5.38. The van der Waals surface area contributed by atoms with Crippen LogP contribution in [-0.4, -0.2) is 17.7 Å². The van der Waals surface area contributed by atoms with Crippen LogP contribution in [0.5, 0.6) is 5.75 Å². The molecule has 1 atom stereocenters. The number of hydrogen-bond donors (Lipinski definition) is 1. The van der Waals surface area contributed by atoms with Gasteiger partial charge in [0, 0.05) is 31.5 Å². The van der Waals surface area contributed by atoms with E-state index in [4.69, 9.17) is 4.74 Å². The molecule has 0 radical (unpaired) electrons. The van der Waals surface area contributed by atoms with Crippen molar-refractivity contribution in [3.63, 3.8) is 0 Å². The predicted molar refractivity (Wildman–Crippen MR) is 78.4 cm³/mol. The third-order valence-corrected chi connectivity index (χ3v) is 3.40. The molecule has 0 amide bonds. The summed E-state index contributed by atoms with van der Waals surface area (Å²) in [6, 6.07) is 12.8. The average Bonchev–Trinajstić information content (AvgIpc) is 2.82. The van der Waals surface area contributed by atoms with E-state index in [2.05, 4.69) is 54.3 Å². The Labute approximate surface area is 115 Å². The summed E-state index contributed by atoms with van der Waals surface area (Å²) in [6.07, 6.45) is 3.04. The molecule has 3 heteroatoms. The van der Waals surface area contributed by atoms with Crippen molar-refractivity contribution in [1.29, 1.82) is 0 Å². The molecule has 1 aromatic carbocycles. The Morgan fingerprint density at radius 3 is 2.68 bits per heavy atom. The molecule has 1 unspecified atom stereocenters. The molecular formula is C16H22N2O. The summed E-state index contributed by atoms with van der Waals surface area (Å²) in [5.74, 6) is 0.968. The van der Waals surface area contributed by atoms with Crippen LogP contribution in [0.2, 0.25) is 0 Å². The minimum absolute atomic E-state index is 0.409. The molecule has 2 rings (SSSR count). The van der Waals surface area contributed by atoms with Gasteiger partial charge in [-0.15, -0.1) is 0 Å². The number of nitrogens with one attached hydrogen (secondary N) is 1. The molecule has 0 aliphatic rings. The van der Waals surface area contributed by atoms with Crippen molar-refractivity contribution < 1.29 is 4.74 Å². The smallest absolute Gasteiger partial charge is 0.122 e. The number of hydrogen-bond acceptors (Lipinski definition) is 2. The molecule has 0 spiro atoms. The fraction of sp³-hybridized carbons (Fsp3) is 0.375. The molecule has 0 bridgehead atoms. The standard InChI is InChI=1S/C16H22N2O/c1-13(17-12-15-8-6-10-18(15)2)11-14-7-4-5-9-16(14)19-3/h4-10,13,17H,11-12H2,1-3H3. The minimum Gasteiger partial charge on any atom is -0.496 e. The van der Waals surface area contributed by atoms with Crippen molar-refractivity contribution in [3.8, 4) is 5.75 Å². The van der Waals surface area contributed by atoms with Gasteiger partial charge in [-0.1, -0.05) is 18.2 Å². The SMILES string of the molecule is COc1ccccc1CC(C)NCc1cccn1C. The monoisotopic (exact) mass is 258 g/mol. The van der Waals surface area contributed by atoms with Crippen molar-refractivity contribution >= 4 is 0 Å². The highest BCUT2D eigenvalue weighted by atomic mass is 16.5. The highest BCUT2D eigenvalue weighted by molar-refractivity contribution is 5.33. The Bertz CT molecular complexity index is 519. The zero-order chi connectivity index (χ0) is 13.7. The van der Waals surface area contributed by atoms with Gasteiger partial charge in [-0.05, 0) is 37.1 Å². The van der Waals surface area contributed by atoms with Crippen LogP contribution in [0.25, 0.3) is 0 Å². The van der Waals surface area contributed by atoms with Crippen molar-refractivity contribution in [2.45, 2.75) is 25.9 Å². The number of ether oxygens (including phenoxy) is 1. The molecule has 0 fully saturated rings. The lowest BCUT2D eigenvalue weighted by atomic mass is 10.1. The molecule has 102 valence electrons. The first-order valence-electron chi connectivity index (χ1n) is 6.66. The lowest BCUT2D eigenvalue weighted by Crippen LogP contribution is -2.28. The molecular weight excluding hydrogens is 236 g/mol. The van der Waals surface area contributed by atoms with E-state index >= 15 is 0 Å². The molecule has 0 saturated heterocycles. The average molecular weight is 258 g/mol. The largest absolute Gasteiger partial charge is 0.496 e. The molecule has 19 heavy (non-hydrogen) atoms. The lowest BCUT2D eigenvalue weighted by Gasteiger charge is -2.16. The van der Waals surface area contributed by atoms with Gasteiger partial charge < -0.3 is 14.6 Å². The fourth-order valence-corrected chi connectivity index (χ4v) is 2.23. The Hall–Kier alpha value is -1.74. The predicted octanol–water partition coefficient (Wildman–Crippen LogP) is 2.75. The molecule has 1 aromatic heterocycles. The minimum atomic E-state index is 0.409. The molecule has 1 heterocycles. The van der Waals surface area contributed by atoms with E-state index in [0.29, 0.717) is 6.04 Å². The van der Waals surface area contributed by atoms with Crippen LogP contribution in [-0.2, 0) is 20.0 Å². The summed E-state index contributed by atoms with van der Waals surface area (Å²) in [5, 5.41) is 3.55. The maximum absolute atomic E-state index is 5.38. The number of aryl methyl sites for hydroxylation is 1. The number of aromatic nitrogens is 1. The zero-order valence-electron chi connectivity index (χ0n) is 11.9. The molecule has 0 saturated carbocycles. The van der Waals surface area contributed by atoms with Crippen LogP contribution in [0, 0.1) is 0 Å². The summed E-state index contributed by atoms with van der Waals surface area (Å²) in [4.78, 5) is 0. The maximum Gasteiger partial charge on any atom is 0.122 e. The van der Waals surface area contributed by atoms with Gasteiger partial charge >= 0.3 is 0 Å². The lowest BCUT2D eigenvalue weighted by molar-refractivity contribution is 0.405. The second-order valence-electron chi connectivity index (χ2n) is 4.91. The summed E-state index contributed by atoms with van der Waals surface area (Å²) >= 11 is 0. The van der Waals surface area contributed by atoms with E-state index in [9.17, 15) is 0 Å². The van der Waals surface area contributed by atoms with Crippen molar-refractivity contribution in [2.24, 2.45) is 7.05 Å². The second kappa shape index (κ2) is 6.43. The fourth-order valence-electron chi connectivity index (χ4n) is 2.23. The van der Waals surface area contributed by atoms with Crippen LogP contribution in [0.4, 0.5) is 0 Å². The van der Waals surface area contributed by atoms with Crippen LogP contribution >= 0.6 is 0 Å². The van der Waals surface area contributed by atoms with Gasteiger partial charge in [0.1, 0.15) is 5.75 Å².